The highest BCUT2D eigenvalue weighted by Gasteiger charge is 2.46. The molecule has 10 nitrogen and oxygen atoms in total. The maximum absolute atomic E-state index is 13.5. The van der Waals surface area contributed by atoms with Crippen molar-refractivity contribution in [2.24, 2.45) is 17.3 Å². The fourth-order valence-electron chi connectivity index (χ4n) is 5.37. The normalized spacial score (nSPS) is 23.6. The molecule has 1 aliphatic heterocycles. The minimum Gasteiger partial charge on any atom is -0.465 e. The molecule has 0 spiro atoms. The standard InChI is InChI=1S/C24H39N5O5S/c1-23(2,3)10-19(29(22(31)32)24(4,5)6)20(30)27-18-9-8-15-13-28(14-17(15)18)16-11-25-21(26-12-16)35(7,33)34/h11-12,15,17-19H,8-10,13-14H2,1-7H3,(H,27,30)(H,31,32)/t15-,17+,18+,19+/m1/s1. The van der Waals surface area contributed by atoms with E-state index < -0.39 is 27.5 Å². The van der Waals surface area contributed by atoms with Gasteiger partial charge in [0.1, 0.15) is 6.04 Å². The zero-order chi connectivity index (χ0) is 26.3. The SMILES string of the molecule is CC(C)(C)C[C@@H](C(=O)N[C@H]1CC[C@@H]2CN(c3cnc(S(C)(=O)=O)nc3)C[C@@H]21)N(C(=O)O)C(C)(C)C. The first-order valence-electron chi connectivity index (χ1n) is 12.1. The van der Waals surface area contributed by atoms with Gasteiger partial charge in [0, 0.05) is 36.8 Å². The van der Waals surface area contributed by atoms with Gasteiger partial charge < -0.3 is 15.3 Å². The molecule has 0 radical (unpaired) electrons. The van der Waals surface area contributed by atoms with Gasteiger partial charge in [-0.1, -0.05) is 20.8 Å². The van der Waals surface area contributed by atoms with Gasteiger partial charge in [0.2, 0.25) is 20.9 Å². The Morgan fingerprint density at radius 1 is 1.14 bits per heavy atom. The number of nitrogens with zero attached hydrogens (tertiary/aromatic N) is 4. The lowest BCUT2D eigenvalue weighted by Crippen LogP contribution is -2.59. The minimum absolute atomic E-state index is 0.0493. The Hall–Kier alpha value is -2.43. The molecular formula is C24H39N5O5S. The number of carboxylic acid groups (broad SMARTS) is 1. The van der Waals surface area contributed by atoms with Crippen molar-refractivity contribution in [1.29, 1.82) is 0 Å². The fourth-order valence-corrected chi connectivity index (χ4v) is 5.86. The largest absolute Gasteiger partial charge is 0.465 e. The number of anilines is 1. The van der Waals surface area contributed by atoms with Crippen molar-refractivity contribution in [3.05, 3.63) is 12.4 Å². The van der Waals surface area contributed by atoms with Crippen LogP contribution in [0.4, 0.5) is 10.5 Å². The van der Waals surface area contributed by atoms with Crippen LogP contribution >= 0.6 is 0 Å². The summed E-state index contributed by atoms with van der Waals surface area (Å²) in [5.41, 5.74) is -0.201. The summed E-state index contributed by atoms with van der Waals surface area (Å²) in [4.78, 5) is 37.1. The van der Waals surface area contributed by atoms with Gasteiger partial charge in [-0.15, -0.1) is 0 Å². The van der Waals surface area contributed by atoms with Crippen molar-refractivity contribution in [3.8, 4) is 0 Å². The average molecular weight is 510 g/mol. The topological polar surface area (TPSA) is 133 Å². The molecule has 35 heavy (non-hydrogen) atoms. The summed E-state index contributed by atoms with van der Waals surface area (Å²) in [6.07, 6.45) is 5.27. The molecule has 1 aromatic rings. The summed E-state index contributed by atoms with van der Waals surface area (Å²) in [6.45, 7) is 12.9. The van der Waals surface area contributed by atoms with Crippen LogP contribution in [0.3, 0.4) is 0 Å². The zero-order valence-corrected chi connectivity index (χ0v) is 22.6. The lowest BCUT2D eigenvalue weighted by atomic mass is 9.85. The highest BCUT2D eigenvalue weighted by atomic mass is 32.2. The first-order valence-corrected chi connectivity index (χ1v) is 14.0. The maximum atomic E-state index is 13.5. The van der Waals surface area contributed by atoms with E-state index >= 15 is 0 Å². The van der Waals surface area contributed by atoms with Gasteiger partial charge in [0.15, 0.2) is 0 Å². The first-order chi connectivity index (χ1) is 16.0. The third kappa shape index (κ3) is 6.42. The van der Waals surface area contributed by atoms with Gasteiger partial charge in [-0.3, -0.25) is 9.69 Å². The summed E-state index contributed by atoms with van der Waals surface area (Å²) in [5.74, 6) is 0.355. The molecule has 1 aromatic heterocycles. The molecular weight excluding hydrogens is 470 g/mol. The third-order valence-electron chi connectivity index (χ3n) is 6.84. The minimum atomic E-state index is -3.46. The van der Waals surface area contributed by atoms with E-state index in [1.807, 2.05) is 41.5 Å². The van der Waals surface area contributed by atoms with Crippen LogP contribution in [0.15, 0.2) is 17.6 Å². The summed E-state index contributed by atoms with van der Waals surface area (Å²) >= 11 is 0. The maximum Gasteiger partial charge on any atom is 0.408 e. The second-order valence-electron chi connectivity index (χ2n) is 12.1. The van der Waals surface area contributed by atoms with Crippen LogP contribution in [-0.4, -0.2) is 77.4 Å². The van der Waals surface area contributed by atoms with Crippen LogP contribution in [0, 0.1) is 17.3 Å². The predicted molar refractivity (Wildman–Crippen MR) is 133 cm³/mol. The monoisotopic (exact) mass is 509 g/mol. The molecule has 196 valence electrons. The number of amides is 2. The molecule has 0 unspecified atom stereocenters. The lowest BCUT2D eigenvalue weighted by Gasteiger charge is -2.41. The van der Waals surface area contributed by atoms with Crippen LogP contribution in [0.25, 0.3) is 0 Å². The van der Waals surface area contributed by atoms with Gasteiger partial charge in [-0.2, -0.15) is 0 Å². The summed E-state index contributed by atoms with van der Waals surface area (Å²) in [5, 5.41) is 13.0. The average Bonchev–Trinajstić information content (AvgIpc) is 3.26. The number of nitrogens with one attached hydrogen (secondary N) is 1. The Labute approximate surface area is 208 Å². The van der Waals surface area contributed by atoms with Gasteiger partial charge >= 0.3 is 6.09 Å². The molecule has 1 saturated carbocycles. The molecule has 0 bridgehead atoms. The smallest absolute Gasteiger partial charge is 0.408 e. The molecule has 2 amide bonds. The molecule has 3 rings (SSSR count). The highest BCUT2D eigenvalue weighted by molar-refractivity contribution is 7.90. The van der Waals surface area contributed by atoms with Crippen LogP contribution in [0.5, 0.6) is 0 Å². The number of aromatic nitrogens is 2. The van der Waals surface area contributed by atoms with Gasteiger partial charge in [0.05, 0.1) is 18.1 Å². The predicted octanol–water partition coefficient (Wildman–Crippen LogP) is 2.79. The number of fused-ring (bicyclic) bond motifs is 1. The van der Waals surface area contributed by atoms with Crippen molar-refractivity contribution >= 4 is 27.5 Å². The Bertz CT molecular complexity index is 1050. The van der Waals surface area contributed by atoms with E-state index in [0.717, 1.165) is 31.3 Å². The molecule has 4 atom stereocenters. The number of hydrogen-bond acceptors (Lipinski definition) is 7. The van der Waals surface area contributed by atoms with E-state index in [0.29, 0.717) is 18.9 Å². The second kappa shape index (κ2) is 9.55. The van der Waals surface area contributed by atoms with Crippen LogP contribution in [0.2, 0.25) is 0 Å². The highest BCUT2D eigenvalue weighted by Crippen LogP contribution is 2.40. The zero-order valence-electron chi connectivity index (χ0n) is 21.8. The molecule has 11 heteroatoms. The number of carbonyl (C=O) groups excluding carboxylic acids is 1. The fraction of sp³-hybridized carbons (Fsp3) is 0.750. The van der Waals surface area contributed by atoms with Crippen LogP contribution in [0.1, 0.15) is 60.8 Å². The summed E-state index contributed by atoms with van der Waals surface area (Å²) in [7, 11) is -3.46. The lowest BCUT2D eigenvalue weighted by molar-refractivity contribution is -0.129. The Morgan fingerprint density at radius 2 is 1.74 bits per heavy atom. The Kier molecular flexibility index (Phi) is 7.41. The molecule has 1 aliphatic carbocycles. The number of hydrogen-bond donors (Lipinski definition) is 2. The third-order valence-corrected chi connectivity index (χ3v) is 7.72. The second-order valence-corrected chi connectivity index (χ2v) is 14.0. The molecule has 0 aromatic carbocycles. The van der Waals surface area contributed by atoms with Gasteiger partial charge in [-0.05, 0) is 51.4 Å². The number of carbonyl (C=O) groups is 2. The van der Waals surface area contributed by atoms with Crippen molar-refractivity contribution in [2.45, 2.75) is 83.6 Å². The van der Waals surface area contributed by atoms with E-state index in [-0.39, 0.29) is 28.4 Å². The van der Waals surface area contributed by atoms with E-state index in [4.69, 9.17) is 0 Å². The van der Waals surface area contributed by atoms with Crippen molar-refractivity contribution in [1.82, 2.24) is 20.2 Å². The summed E-state index contributed by atoms with van der Waals surface area (Å²) < 4.78 is 23.3. The van der Waals surface area contributed by atoms with Crippen molar-refractivity contribution in [3.63, 3.8) is 0 Å². The van der Waals surface area contributed by atoms with Gasteiger partial charge in [-0.25, -0.2) is 23.2 Å². The van der Waals surface area contributed by atoms with Gasteiger partial charge in [0.25, 0.3) is 0 Å². The molecule has 2 N–H and O–H groups in total. The Balaban J connectivity index is 1.74. The van der Waals surface area contributed by atoms with E-state index in [1.165, 1.54) is 17.3 Å². The van der Waals surface area contributed by atoms with Crippen LogP contribution < -0.4 is 10.2 Å². The first kappa shape index (κ1) is 27.2. The quantitative estimate of drug-likeness (QED) is 0.560. The summed E-state index contributed by atoms with van der Waals surface area (Å²) in [6, 6.07) is -0.840. The molecule has 2 aliphatic rings. The van der Waals surface area contributed by atoms with Crippen LogP contribution in [-0.2, 0) is 14.6 Å². The molecule has 2 fully saturated rings. The van der Waals surface area contributed by atoms with E-state index in [1.54, 1.807) is 0 Å². The number of sulfone groups is 1. The molecule has 2 heterocycles. The molecule has 1 saturated heterocycles. The Morgan fingerprint density at radius 3 is 2.23 bits per heavy atom. The van der Waals surface area contributed by atoms with Crippen molar-refractivity contribution in [2.75, 3.05) is 24.2 Å². The van der Waals surface area contributed by atoms with E-state index in [2.05, 4.69) is 20.2 Å². The van der Waals surface area contributed by atoms with Crippen molar-refractivity contribution < 1.29 is 23.1 Å². The number of rotatable bonds is 6. The van der Waals surface area contributed by atoms with E-state index in [9.17, 15) is 23.1 Å².